The molecule has 2 aromatic rings. The molecule has 0 aliphatic rings. The van der Waals surface area contributed by atoms with Crippen LogP contribution in [0.25, 0.3) is 0 Å². The lowest BCUT2D eigenvalue weighted by Gasteiger charge is -2.16. The number of hydrogen-bond acceptors (Lipinski definition) is 2. The van der Waals surface area contributed by atoms with Gasteiger partial charge in [0, 0.05) is 10.5 Å². The predicted molar refractivity (Wildman–Crippen MR) is 88.3 cm³/mol. The highest BCUT2D eigenvalue weighted by Crippen LogP contribution is 2.18. The molecule has 0 aliphatic heterocycles. The smallest absolute Gasteiger partial charge is 0.127 e. The number of hydrazine groups is 1. The summed E-state index contributed by atoms with van der Waals surface area (Å²) in [5.41, 5.74) is 4.82. The number of hydrogen-bond donors (Lipinski definition) is 2. The lowest BCUT2D eigenvalue weighted by atomic mass is 9.99. The van der Waals surface area contributed by atoms with E-state index >= 15 is 0 Å². The van der Waals surface area contributed by atoms with E-state index in [-0.39, 0.29) is 11.9 Å². The summed E-state index contributed by atoms with van der Waals surface area (Å²) in [6, 6.07) is 15.6. The zero-order valence-electron chi connectivity index (χ0n) is 11.9. The summed E-state index contributed by atoms with van der Waals surface area (Å²) < 4.78 is 14.6. The molecule has 4 heteroatoms. The standard InChI is InChI=1S/C17H20BrFN2/c18-15-10-9-14(17(19)12-15)11-16(21-20)8-4-7-13-5-2-1-3-6-13/h1-3,5-6,9-10,12,16,21H,4,7-8,11,20H2. The highest BCUT2D eigenvalue weighted by Gasteiger charge is 2.11. The molecule has 0 spiro atoms. The van der Waals surface area contributed by atoms with Crippen LogP contribution in [0, 0.1) is 5.82 Å². The first-order valence-corrected chi connectivity index (χ1v) is 7.92. The molecule has 1 unspecified atom stereocenters. The Balaban J connectivity index is 1.85. The highest BCUT2D eigenvalue weighted by molar-refractivity contribution is 9.10. The molecule has 21 heavy (non-hydrogen) atoms. The van der Waals surface area contributed by atoms with Crippen LogP contribution in [0.2, 0.25) is 0 Å². The average molecular weight is 351 g/mol. The number of aryl methyl sites for hydroxylation is 1. The quantitative estimate of drug-likeness (QED) is 0.585. The zero-order chi connectivity index (χ0) is 15.1. The molecular weight excluding hydrogens is 331 g/mol. The molecule has 2 aromatic carbocycles. The Morgan fingerprint density at radius 3 is 2.57 bits per heavy atom. The first-order chi connectivity index (χ1) is 10.2. The molecule has 1 atom stereocenters. The van der Waals surface area contributed by atoms with Crippen LogP contribution in [-0.4, -0.2) is 6.04 Å². The van der Waals surface area contributed by atoms with Gasteiger partial charge in [0.05, 0.1) is 0 Å². The van der Waals surface area contributed by atoms with Crippen molar-refractivity contribution in [1.82, 2.24) is 5.43 Å². The third kappa shape index (κ3) is 5.23. The van der Waals surface area contributed by atoms with Crippen LogP contribution in [0.15, 0.2) is 53.0 Å². The Hall–Kier alpha value is -1.23. The first kappa shape index (κ1) is 16.1. The van der Waals surface area contributed by atoms with Crippen LogP contribution in [0.1, 0.15) is 24.0 Å². The minimum absolute atomic E-state index is 0.0874. The number of nitrogens with two attached hydrogens (primary N) is 1. The molecule has 0 amide bonds. The van der Waals surface area contributed by atoms with Crippen molar-refractivity contribution >= 4 is 15.9 Å². The van der Waals surface area contributed by atoms with E-state index in [4.69, 9.17) is 5.84 Å². The van der Waals surface area contributed by atoms with Crippen LogP contribution in [-0.2, 0) is 12.8 Å². The van der Waals surface area contributed by atoms with Gasteiger partial charge in [-0.2, -0.15) is 0 Å². The molecule has 3 N–H and O–H groups in total. The Morgan fingerprint density at radius 2 is 1.90 bits per heavy atom. The van der Waals surface area contributed by atoms with Gasteiger partial charge >= 0.3 is 0 Å². The van der Waals surface area contributed by atoms with Crippen molar-refractivity contribution in [3.8, 4) is 0 Å². The van der Waals surface area contributed by atoms with E-state index in [1.165, 1.54) is 11.6 Å². The van der Waals surface area contributed by atoms with Gasteiger partial charge in [0.25, 0.3) is 0 Å². The van der Waals surface area contributed by atoms with E-state index in [2.05, 4.69) is 33.5 Å². The first-order valence-electron chi connectivity index (χ1n) is 7.13. The summed E-state index contributed by atoms with van der Waals surface area (Å²) in [7, 11) is 0. The predicted octanol–water partition coefficient (Wildman–Crippen LogP) is 3.99. The van der Waals surface area contributed by atoms with E-state index < -0.39 is 0 Å². The molecule has 2 rings (SSSR count). The molecular formula is C17H20BrFN2. The number of nitrogens with one attached hydrogen (secondary N) is 1. The summed E-state index contributed by atoms with van der Waals surface area (Å²) in [6.07, 6.45) is 3.56. The van der Waals surface area contributed by atoms with Crippen LogP contribution < -0.4 is 11.3 Å². The van der Waals surface area contributed by atoms with Crippen molar-refractivity contribution in [2.24, 2.45) is 5.84 Å². The van der Waals surface area contributed by atoms with E-state index in [0.717, 1.165) is 23.7 Å². The lowest BCUT2D eigenvalue weighted by molar-refractivity contribution is 0.467. The van der Waals surface area contributed by atoms with Crippen molar-refractivity contribution in [2.45, 2.75) is 31.7 Å². The van der Waals surface area contributed by atoms with Crippen molar-refractivity contribution < 1.29 is 4.39 Å². The normalized spacial score (nSPS) is 12.3. The Labute approximate surface area is 133 Å². The maximum Gasteiger partial charge on any atom is 0.127 e. The van der Waals surface area contributed by atoms with Gasteiger partial charge in [0.1, 0.15) is 5.82 Å². The van der Waals surface area contributed by atoms with Gasteiger partial charge in [0.2, 0.25) is 0 Å². The second-order valence-electron chi connectivity index (χ2n) is 5.18. The van der Waals surface area contributed by atoms with Crippen molar-refractivity contribution in [3.05, 3.63) is 69.9 Å². The fourth-order valence-corrected chi connectivity index (χ4v) is 2.73. The Bertz CT molecular complexity index is 560. The van der Waals surface area contributed by atoms with E-state index in [0.29, 0.717) is 12.0 Å². The van der Waals surface area contributed by atoms with Crippen LogP contribution in [0.4, 0.5) is 4.39 Å². The topological polar surface area (TPSA) is 38.0 Å². The van der Waals surface area contributed by atoms with Crippen molar-refractivity contribution in [3.63, 3.8) is 0 Å². The Kier molecular flexibility index (Phi) is 6.36. The highest BCUT2D eigenvalue weighted by atomic mass is 79.9. The van der Waals surface area contributed by atoms with Crippen molar-refractivity contribution in [2.75, 3.05) is 0 Å². The fourth-order valence-electron chi connectivity index (χ4n) is 2.39. The molecule has 0 heterocycles. The summed E-state index contributed by atoms with van der Waals surface area (Å²) in [5, 5.41) is 0. The molecule has 0 bridgehead atoms. The third-order valence-corrected chi connectivity index (χ3v) is 4.07. The van der Waals surface area contributed by atoms with Gasteiger partial charge in [-0.1, -0.05) is 52.3 Å². The largest absolute Gasteiger partial charge is 0.271 e. The lowest BCUT2D eigenvalue weighted by Crippen LogP contribution is -2.37. The second-order valence-corrected chi connectivity index (χ2v) is 6.10. The van der Waals surface area contributed by atoms with Crippen molar-refractivity contribution in [1.29, 1.82) is 0 Å². The molecule has 0 aromatic heterocycles. The summed E-state index contributed by atoms with van der Waals surface area (Å²) in [6.45, 7) is 0. The second kappa shape index (κ2) is 8.27. The molecule has 2 nitrogen and oxygen atoms in total. The van der Waals surface area contributed by atoms with Gasteiger partial charge in [-0.3, -0.25) is 11.3 Å². The number of rotatable bonds is 7. The SMILES string of the molecule is NNC(CCCc1ccccc1)Cc1ccc(Br)cc1F. The van der Waals surface area contributed by atoms with Gasteiger partial charge < -0.3 is 0 Å². The van der Waals surface area contributed by atoms with Gasteiger partial charge in [-0.15, -0.1) is 0 Å². The molecule has 0 saturated carbocycles. The van der Waals surface area contributed by atoms with E-state index in [9.17, 15) is 4.39 Å². The monoisotopic (exact) mass is 350 g/mol. The van der Waals surface area contributed by atoms with Gasteiger partial charge in [-0.05, 0) is 48.9 Å². The molecule has 112 valence electrons. The summed E-state index contributed by atoms with van der Waals surface area (Å²) >= 11 is 3.27. The van der Waals surface area contributed by atoms with Crippen LogP contribution in [0.5, 0.6) is 0 Å². The summed E-state index contributed by atoms with van der Waals surface area (Å²) in [5.74, 6) is 5.41. The number of benzene rings is 2. The zero-order valence-corrected chi connectivity index (χ0v) is 13.4. The molecule has 0 fully saturated rings. The average Bonchev–Trinajstić information content (AvgIpc) is 2.49. The molecule has 0 aliphatic carbocycles. The van der Waals surface area contributed by atoms with Crippen LogP contribution >= 0.6 is 15.9 Å². The fraction of sp³-hybridized carbons (Fsp3) is 0.294. The maximum absolute atomic E-state index is 13.8. The third-order valence-electron chi connectivity index (χ3n) is 3.58. The van der Waals surface area contributed by atoms with E-state index in [1.807, 2.05) is 24.3 Å². The number of halogens is 2. The van der Waals surface area contributed by atoms with Gasteiger partial charge in [-0.25, -0.2) is 4.39 Å². The van der Waals surface area contributed by atoms with Gasteiger partial charge in [0.15, 0.2) is 0 Å². The maximum atomic E-state index is 13.8. The van der Waals surface area contributed by atoms with E-state index in [1.54, 1.807) is 6.07 Å². The molecule has 0 saturated heterocycles. The molecule has 0 radical (unpaired) electrons. The Morgan fingerprint density at radius 1 is 1.14 bits per heavy atom. The minimum Gasteiger partial charge on any atom is -0.271 e. The minimum atomic E-state index is -0.187. The summed E-state index contributed by atoms with van der Waals surface area (Å²) in [4.78, 5) is 0. The van der Waals surface area contributed by atoms with Crippen LogP contribution in [0.3, 0.4) is 0 Å².